The molecule has 0 spiro atoms. The minimum atomic E-state index is -0.614. The van der Waals surface area contributed by atoms with Crippen molar-refractivity contribution in [3.05, 3.63) is 40.7 Å². The third kappa shape index (κ3) is 1.58. The van der Waals surface area contributed by atoms with E-state index in [1.165, 1.54) is 6.20 Å². The van der Waals surface area contributed by atoms with Crippen molar-refractivity contribution in [3.8, 4) is 11.3 Å². The number of H-pyrrole nitrogens is 3. The fourth-order valence-corrected chi connectivity index (χ4v) is 1.79. The van der Waals surface area contributed by atoms with Gasteiger partial charge in [-0.25, -0.2) is 9.78 Å². The molecule has 7 heteroatoms. The first-order valence-corrected chi connectivity index (χ1v) is 5.21. The number of primary amides is 1. The van der Waals surface area contributed by atoms with Crippen molar-refractivity contribution in [1.29, 1.82) is 0 Å². The number of benzene rings is 1. The first kappa shape index (κ1) is 10.3. The van der Waals surface area contributed by atoms with Crippen LogP contribution in [0.2, 0.25) is 0 Å². The molecule has 0 aliphatic carbocycles. The van der Waals surface area contributed by atoms with Crippen LogP contribution in [0.15, 0.2) is 29.2 Å². The van der Waals surface area contributed by atoms with E-state index >= 15 is 0 Å². The van der Waals surface area contributed by atoms with Gasteiger partial charge in [-0.2, -0.15) is 0 Å². The van der Waals surface area contributed by atoms with Crippen LogP contribution >= 0.6 is 0 Å². The number of hydrogen-bond acceptors (Lipinski definition) is 3. The molecular formula is C11H9N5O2. The molecule has 0 saturated carbocycles. The summed E-state index contributed by atoms with van der Waals surface area (Å²) in [6, 6.07) is 5.36. The second-order valence-corrected chi connectivity index (χ2v) is 3.85. The lowest BCUT2D eigenvalue weighted by molar-refractivity contribution is 0.0991. The highest BCUT2D eigenvalue weighted by Gasteiger charge is 2.08. The maximum Gasteiger partial charge on any atom is 0.323 e. The molecular weight excluding hydrogens is 234 g/mol. The molecule has 3 aromatic rings. The third-order valence-electron chi connectivity index (χ3n) is 2.64. The molecule has 0 unspecified atom stereocenters. The van der Waals surface area contributed by atoms with Gasteiger partial charge in [0.05, 0.1) is 22.9 Å². The smallest absolute Gasteiger partial charge is 0.323 e. The van der Waals surface area contributed by atoms with E-state index in [0.717, 1.165) is 11.1 Å². The molecule has 3 rings (SSSR count). The molecule has 0 aliphatic rings. The molecule has 1 aromatic carbocycles. The number of aromatic amines is 3. The summed E-state index contributed by atoms with van der Waals surface area (Å²) in [5.74, 6) is -0.509. The maximum absolute atomic E-state index is 11.1. The van der Waals surface area contributed by atoms with Crippen LogP contribution in [0.25, 0.3) is 22.3 Å². The molecule has 0 fully saturated rings. The highest BCUT2D eigenvalue weighted by atomic mass is 16.1. The molecule has 0 radical (unpaired) electrons. The minimum Gasteiger partial charge on any atom is -0.363 e. The van der Waals surface area contributed by atoms with Gasteiger partial charge in [0.25, 0.3) is 5.91 Å². The Morgan fingerprint density at radius 3 is 2.67 bits per heavy atom. The van der Waals surface area contributed by atoms with Crippen LogP contribution in [0, 0.1) is 0 Å². The molecule has 1 amide bonds. The van der Waals surface area contributed by atoms with Crippen LogP contribution < -0.4 is 11.4 Å². The number of hydrogen-bond donors (Lipinski definition) is 4. The number of nitrogens with one attached hydrogen (secondary N) is 3. The van der Waals surface area contributed by atoms with Gasteiger partial charge in [-0.15, -0.1) is 0 Å². The number of fused-ring (bicyclic) bond motifs is 1. The summed E-state index contributed by atoms with van der Waals surface area (Å²) in [4.78, 5) is 34.1. The summed E-state index contributed by atoms with van der Waals surface area (Å²) in [7, 11) is 0. The Morgan fingerprint density at radius 1 is 1.17 bits per heavy atom. The van der Waals surface area contributed by atoms with Gasteiger partial charge >= 0.3 is 5.69 Å². The highest BCUT2D eigenvalue weighted by molar-refractivity contribution is 5.90. The van der Waals surface area contributed by atoms with Gasteiger partial charge in [-0.05, 0) is 12.1 Å². The van der Waals surface area contributed by atoms with Crippen LogP contribution in [-0.2, 0) is 0 Å². The van der Waals surface area contributed by atoms with E-state index in [2.05, 4.69) is 19.9 Å². The van der Waals surface area contributed by atoms with Crippen LogP contribution in [0.5, 0.6) is 0 Å². The molecule has 0 bridgehead atoms. The van der Waals surface area contributed by atoms with Gasteiger partial charge in [-0.3, -0.25) is 4.79 Å². The number of carbonyl (C=O) groups excluding carboxylic acids is 1. The Labute approximate surface area is 100 Å². The average Bonchev–Trinajstić information content (AvgIpc) is 2.91. The van der Waals surface area contributed by atoms with E-state index in [9.17, 15) is 9.59 Å². The SMILES string of the molecule is NC(=O)c1ncc(-c2ccc3[nH]c(=O)[nH]c3c2)[nH]1. The molecule has 7 nitrogen and oxygen atoms in total. The molecule has 18 heavy (non-hydrogen) atoms. The second kappa shape index (κ2) is 3.59. The lowest BCUT2D eigenvalue weighted by Gasteiger charge is -1.97. The normalized spacial score (nSPS) is 10.9. The first-order valence-electron chi connectivity index (χ1n) is 5.21. The summed E-state index contributed by atoms with van der Waals surface area (Å²) in [6.45, 7) is 0. The number of carbonyl (C=O) groups is 1. The summed E-state index contributed by atoms with van der Waals surface area (Å²) < 4.78 is 0. The van der Waals surface area contributed by atoms with Crippen LogP contribution in [0.3, 0.4) is 0 Å². The molecule has 2 aromatic heterocycles. The second-order valence-electron chi connectivity index (χ2n) is 3.85. The summed E-state index contributed by atoms with van der Waals surface area (Å²) in [5, 5.41) is 0. The Morgan fingerprint density at radius 2 is 1.94 bits per heavy atom. The van der Waals surface area contributed by atoms with Gasteiger partial charge in [0.1, 0.15) is 0 Å². The Kier molecular flexibility index (Phi) is 2.06. The standard InChI is InChI=1S/C11H9N5O2/c12-9(17)10-13-4-8(14-10)5-1-2-6-7(3-5)16-11(18)15-6/h1-4H,(H2,12,17)(H,13,14)(H2,15,16,18). The van der Waals surface area contributed by atoms with Gasteiger partial charge in [-0.1, -0.05) is 6.07 Å². The molecule has 0 atom stereocenters. The molecule has 0 saturated heterocycles. The van der Waals surface area contributed by atoms with E-state index in [0.29, 0.717) is 11.2 Å². The van der Waals surface area contributed by atoms with Crippen LogP contribution in [0.1, 0.15) is 10.6 Å². The van der Waals surface area contributed by atoms with E-state index in [4.69, 9.17) is 5.73 Å². The number of aromatic nitrogens is 4. The first-order chi connectivity index (χ1) is 8.63. The zero-order chi connectivity index (χ0) is 12.7. The number of nitrogens with two attached hydrogens (primary N) is 1. The van der Waals surface area contributed by atoms with E-state index in [1.54, 1.807) is 12.1 Å². The molecule has 0 aliphatic heterocycles. The van der Waals surface area contributed by atoms with Crippen molar-refractivity contribution in [2.45, 2.75) is 0 Å². The molecule has 5 N–H and O–H groups in total. The number of nitrogens with zero attached hydrogens (tertiary/aromatic N) is 1. The predicted octanol–water partition coefficient (Wildman–Crippen LogP) is 0.345. The fourth-order valence-electron chi connectivity index (χ4n) is 1.79. The van der Waals surface area contributed by atoms with Gasteiger partial charge in [0, 0.05) is 5.56 Å². The van der Waals surface area contributed by atoms with E-state index in [-0.39, 0.29) is 11.5 Å². The third-order valence-corrected chi connectivity index (χ3v) is 2.64. The largest absolute Gasteiger partial charge is 0.363 e. The summed E-state index contributed by atoms with van der Waals surface area (Å²) >= 11 is 0. The van der Waals surface area contributed by atoms with Crippen molar-refractivity contribution >= 4 is 16.9 Å². The van der Waals surface area contributed by atoms with Crippen molar-refractivity contribution in [1.82, 2.24) is 19.9 Å². The Bertz CT molecular complexity index is 795. The van der Waals surface area contributed by atoms with Crippen LogP contribution in [-0.4, -0.2) is 25.8 Å². The molecule has 90 valence electrons. The average molecular weight is 243 g/mol. The monoisotopic (exact) mass is 243 g/mol. The topological polar surface area (TPSA) is 120 Å². The number of imidazole rings is 2. The van der Waals surface area contributed by atoms with Crippen molar-refractivity contribution in [2.75, 3.05) is 0 Å². The predicted molar refractivity (Wildman–Crippen MR) is 65.0 cm³/mol. The fraction of sp³-hybridized carbons (Fsp3) is 0. The highest BCUT2D eigenvalue weighted by Crippen LogP contribution is 2.20. The van der Waals surface area contributed by atoms with Gasteiger partial charge in [0.2, 0.25) is 0 Å². The molecule has 2 heterocycles. The van der Waals surface area contributed by atoms with Crippen molar-refractivity contribution < 1.29 is 4.79 Å². The van der Waals surface area contributed by atoms with Crippen LogP contribution in [0.4, 0.5) is 0 Å². The summed E-state index contributed by atoms with van der Waals surface area (Å²) in [6.07, 6.45) is 1.52. The Balaban J connectivity index is 2.12. The number of amides is 1. The maximum atomic E-state index is 11.1. The quantitative estimate of drug-likeness (QED) is 0.519. The zero-order valence-electron chi connectivity index (χ0n) is 9.15. The lowest BCUT2D eigenvalue weighted by atomic mass is 10.1. The van der Waals surface area contributed by atoms with Crippen molar-refractivity contribution in [3.63, 3.8) is 0 Å². The van der Waals surface area contributed by atoms with E-state index < -0.39 is 5.91 Å². The Hall–Kier alpha value is -2.83. The summed E-state index contributed by atoms with van der Waals surface area (Å²) in [5.41, 5.74) is 7.73. The zero-order valence-corrected chi connectivity index (χ0v) is 9.15. The lowest BCUT2D eigenvalue weighted by Crippen LogP contribution is -2.12. The van der Waals surface area contributed by atoms with Gasteiger partial charge in [0.15, 0.2) is 5.82 Å². The van der Waals surface area contributed by atoms with Crippen molar-refractivity contribution in [2.24, 2.45) is 5.73 Å². The van der Waals surface area contributed by atoms with E-state index in [1.807, 2.05) is 6.07 Å². The number of rotatable bonds is 2. The minimum absolute atomic E-state index is 0.104. The van der Waals surface area contributed by atoms with Gasteiger partial charge < -0.3 is 20.7 Å².